The maximum Gasteiger partial charge on any atom is 0.0799 e. The highest BCUT2D eigenvalue weighted by atomic mass is 79.9. The number of aryl methyl sites for hydroxylation is 1. The fourth-order valence-corrected chi connectivity index (χ4v) is 2.08. The predicted octanol–water partition coefficient (Wildman–Crippen LogP) is 3.59. The van der Waals surface area contributed by atoms with Gasteiger partial charge in [0.25, 0.3) is 0 Å². The lowest BCUT2D eigenvalue weighted by Gasteiger charge is -2.10. The molecule has 0 amide bonds. The zero-order valence-corrected chi connectivity index (χ0v) is 10.6. The van der Waals surface area contributed by atoms with Gasteiger partial charge in [-0.25, -0.2) is 0 Å². The highest BCUT2D eigenvalue weighted by molar-refractivity contribution is 9.10. The Morgan fingerprint density at radius 2 is 2.13 bits per heavy atom. The van der Waals surface area contributed by atoms with Crippen molar-refractivity contribution in [2.24, 2.45) is 0 Å². The molecule has 0 aromatic heterocycles. The quantitative estimate of drug-likeness (QED) is 0.830. The molecule has 0 saturated heterocycles. The number of aliphatic hydroxyl groups is 1. The number of aliphatic hydroxyl groups excluding tert-OH is 1. The van der Waals surface area contributed by atoms with E-state index in [1.807, 2.05) is 32.0 Å². The molecule has 0 spiro atoms. The van der Waals surface area contributed by atoms with Gasteiger partial charge in [0, 0.05) is 10.9 Å². The number of hydrogen-bond donors (Lipinski definition) is 1. The molecule has 1 rings (SSSR count). The van der Waals surface area contributed by atoms with E-state index in [-0.39, 0.29) is 0 Å². The van der Waals surface area contributed by atoms with Crippen LogP contribution in [-0.4, -0.2) is 5.11 Å². The van der Waals surface area contributed by atoms with E-state index < -0.39 is 6.10 Å². The second-order valence-corrected chi connectivity index (χ2v) is 4.46. The van der Waals surface area contributed by atoms with Gasteiger partial charge >= 0.3 is 0 Å². The Morgan fingerprint density at radius 1 is 1.40 bits per heavy atom. The van der Waals surface area contributed by atoms with Crippen molar-refractivity contribution < 1.29 is 5.11 Å². The second-order valence-electron chi connectivity index (χ2n) is 3.54. The Kier molecular flexibility index (Phi) is 4.87. The average Bonchev–Trinajstić information content (AvgIpc) is 2.16. The Labute approximate surface area is 99.6 Å². The standard InChI is InChI=1S/C13H15BrO/c1-3-4-5-6-13(15)11-7-10(2)8-12(14)9-11/h7-9,13,15H,5-6H2,1-2H3. The molecule has 1 aromatic rings. The van der Waals surface area contributed by atoms with Crippen molar-refractivity contribution in [3.63, 3.8) is 0 Å². The van der Waals surface area contributed by atoms with Gasteiger partial charge in [0.15, 0.2) is 0 Å². The van der Waals surface area contributed by atoms with E-state index in [2.05, 4.69) is 27.8 Å². The lowest BCUT2D eigenvalue weighted by atomic mass is 10.0. The predicted molar refractivity (Wildman–Crippen MR) is 66.5 cm³/mol. The van der Waals surface area contributed by atoms with Crippen LogP contribution in [0.2, 0.25) is 0 Å². The van der Waals surface area contributed by atoms with E-state index in [9.17, 15) is 5.11 Å². The molecule has 0 aliphatic heterocycles. The van der Waals surface area contributed by atoms with Crippen LogP contribution in [0.15, 0.2) is 22.7 Å². The van der Waals surface area contributed by atoms with Crippen LogP contribution in [0.5, 0.6) is 0 Å². The third-order valence-corrected chi connectivity index (χ3v) is 2.63. The van der Waals surface area contributed by atoms with Crippen LogP contribution in [0.3, 0.4) is 0 Å². The van der Waals surface area contributed by atoms with Crippen molar-refractivity contribution in [3.05, 3.63) is 33.8 Å². The molecular weight excluding hydrogens is 252 g/mol. The van der Waals surface area contributed by atoms with Crippen LogP contribution in [0.4, 0.5) is 0 Å². The minimum absolute atomic E-state index is 0.415. The lowest BCUT2D eigenvalue weighted by molar-refractivity contribution is 0.169. The van der Waals surface area contributed by atoms with Gasteiger partial charge in [0.05, 0.1) is 6.10 Å². The highest BCUT2D eigenvalue weighted by Crippen LogP contribution is 2.23. The summed E-state index contributed by atoms with van der Waals surface area (Å²) in [5.74, 6) is 5.78. The first-order valence-corrected chi connectivity index (χ1v) is 5.77. The Bertz CT molecular complexity index is 367. The molecule has 1 N–H and O–H groups in total. The van der Waals surface area contributed by atoms with Gasteiger partial charge in [-0.05, 0) is 43.5 Å². The Balaban J connectivity index is 2.71. The van der Waals surface area contributed by atoms with Gasteiger partial charge in [-0.1, -0.05) is 22.0 Å². The topological polar surface area (TPSA) is 20.2 Å². The zero-order chi connectivity index (χ0) is 11.3. The molecule has 1 unspecified atom stereocenters. The number of halogens is 1. The minimum Gasteiger partial charge on any atom is -0.388 e. The number of hydrogen-bond acceptors (Lipinski definition) is 1. The average molecular weight is 267 g/mol. The number of benzene rings is 1. The van der Waals surface area contributed by atoms with Gasteiger partial charge in [-0.3, -0.25) is 0 Å². The summed E-state index contributed by atoms with van der Waals surface area (Å²) in [5.41, 5.74) is 2.11. The summed E-state index contributed by atoms with van der Waals surface area (Å²) >= 11 is 3.42. The van der Waals surface area contributed by atoms with Gasteiger partial charge in [0.2, 0.25) is 0 Å². The molecule has 1 aromatic carbocycles. The van der Waals surface area contributed by atoms with E-state index in [4.69, 9.17) is 0 Å². The summed E-state index contributed by atoms with van der Waals surface area (Å²) in [6, 6.07) is 5.99. The molecule has 0 bridgehead atoms. The molecule has 1 nitrogen and oxygen atoms in total. The second kappa shape index (κ2) is 5.95. The van der Waals surface area contributed by atoms with E-state index in [0.717, 1.165) is 22.0 Å². The summed E-state index contributed by atoms with van der Waals surface area (Å²) in [6.45, 7) is 3.84. The molecule has 0 radical (unpaired) electrons. The molecule has 80 valence electrons. The first-order chi connectivity index (χ1) is 7.13. The summed E-state index contributed by atoms with van der Waals surface area (Å²) in [7, 11) is 0. The first-order valence-electron chi connectivity index (χ1n) is 4.98. The van der Waals surface area contributed by atoms with Crippen LogP contribution in [-0.2, 0) is 0 Å². The molecule has 0 heterocycles. The molecule has 0 aliphatic rings. The summed E-state index contributed by atoms with van der Waals surface area (Å²) < 4.78 is 1.01. The van der Waals surface area contributed by atoms with Crippen LogP contribution in [0, 0.1) is 18.8 Å². The smallest absolute Gasteiger partial charge is 0.0799 e. The largest absolute Gasteiger partial charge is 0.388 e. The highest BCUT2D eigenvalue weighted by Gasteiger charge is 2.07. The van der Waals surface area contributed by atoms with Crippen LogP contribution in [0.1, 0.15) is 37.0 Å². The first kappa shape index (κ1) is 12.3. The van der Waals surface area contributed by atoms with Crippen LogP contribution in [0.25, 0.3) is 0 Å². The summed E-state index contributed by atoms with van der Waals surface area (Å²) in [4.78, 5) is 0. The van der Waals surface area contributed by atoms with Gasteiger partial charge in [0.1, 0.15) is 0 Å². The van der Waals surface area contributed by atoms with Gasteiger partial charge in [-0.2, -0.15) is 0 Å². The monoisotopic (exact) mass is 266 g/mol. The van der Waals surface area contributed by atoms with E-state index >= 15 is 0 Å². The summed E-state index contributed by atoms with van der Waals surface area (Å²) in [6.07, 6.45) is 1.02. The maximum atomic E-state index is 9.91. The van der Waals surface area contributed by atoms with E-state index in [0.29, 0.717) is 6.42 Å². The molecular formula is C13H15BrO. The van der Waals surface area contributed by atoms with Crippen molar-refractivity contribution in [1.82, 2.24) is 0 Å². The maximum absolute atomic E-state index is 9.91. The van der Waals surface area contributed by atoms with Crippen LogP contribution < -0.4 is 0 Å². The van der Waals surface area contributed by atoms with Crippen molar-refractivity contribution >= 4 is 15.9 Å². The Morgan fingerprint density at radius 3 is 2.73 bits per heavy atom. The molecule has 2 heteroatoms. The molecule has 1 atom stereocenters. The van der Waals surface area contributed by atoms with Gasteiger partial charge in [-0.15, -0.1) is 11.8 Å². The molecule has 15 heavy (non-hydrogen) atoms. The zero-order valence-electron chi connectivity index (χ0n) is 9.05. The molecule has 0 fully saturated rings. The molecule has 0 aliphatic carbocycles. The normalized spacial score (nSPS) is 11.7. The third-order valence-electron chi connectivity index (χ3n) is 2.17. The van der Waals surface area contributed by atoms with Gasteiger partial charge < -0.3 is 5.11 Å². The Hall–Kier alpha value is -0.780. The fourth-order valence-electron chi connectivity index (χ4n) is 1.46. The lowest BCUT2D eigenvalue weighted by Crippen LogP contribution is -1.97. The van der Waals surface area contributed by atoms with Crippen molar-refractivity contribution in [1.29, 1.82) is 0 Å². The van der Waals surface area contributed by atoms with E-state index in [1.165, 1.54) is 0 Å². The third kappa shape index (κ3) is 4.07. The molecule has 0 saturated carbocycles. The van der Waals surface area contributed by atoms with Crippen molar-refractivity contribution in [2.45, 2.75) is 32.8 Å². The van der Waals surface area contributed by atoms with Crippen molar-refractivity contribution in [2.75, 3.05) is 0 Å². The van der Waals surface area contributed by atoms with Crippen molar-refractivity contribution in [3.8, 4) is 11.8 Å². The van der Waals surface area contributed by atoms with Crippen LogP contribution >= 0.6 is 15.9 Å². The summed E-state index contributed by atoms with van der Waals surface area (Å²) in [5, 5.41) is 9.91. The number of rotatable bonds is 3. The fraction of sp³-hybridized carbons (Fsp3) is 0.385. The van der Waals surface area contributed by atoms with E-state index in [1.54, 1.807) is 0 Å². The SMILES string of the molecule is CC#CCCC(O)c1cc(C)cc(Br)c1. The minimum atomic E-state index is -0.415.